The zero-order chi connectivity index (χ0) is 16.1. The van der Waals surface area contributed by atoms with Crippen molar-refractivity contribution in [1.82, 2.24) is 5.32 Å². The van der Waals surface area contributed by atoms with Crippen molar-refractivity contribution in [3.63, 3.8) is 0 Å². The van der Waals surface area contributed by atoms with Gasteiger partial charge in [-0.2, -0.15) is 0 Å². The van der Waals surface area contributed by atoms with Crippen LogP contribution in [-0.2, 0) is 4.79 Å². The van der Waals surface area contributed by atoms with Gasteiger partial charge >= 0.3 is 0 Å². The first-order valence-electron chi connectivity index (χ1n) is 6.25. The molecule has 0 spiro atoms. The van der Waals surface area contributed by atoms with Gasteiger partial charge in [0.2, 0.25) is 5.91 Å². The van der Waals surface area contributed by atoms with Gasteiger partial charge in [-0.05, 0) is 24.3 Å². The number of nitrogens with one attached hydrogen (secondary N) is 2. The van der Waals surface area contributed by atoms with Crippen LogP contribution < -0.4 is 10.6 Å². The van der Waals surface area contributed by atoms with Crippen LogP contribution in [0, 0.1) is 5.82 Å². The van der Waals surface area contributed by atoms with Crippen LogP contribution in [-0.4, -0.2) is 18.4 Å². The Hall–Kier alpha value is -2.11. The SMILES string of the molecule is O=C(CNC(=O)c1ccccc1F)Nc1cccc(Cl)c1Cl. The van der Waals surface area contributed by atoms with E-state index in [2.05, 4.69) is 10.6 Å². The summed E-state index contributed by atoms with van der Waals surface area (Å²) in [6.07, 6.45) is 0. The third-order valence-corrected chi connectivity index (χ3v) is 3.57. The Morgan fingerprint density at radius 2 is 1.77 bits per heavy atom. The highest BCUT2D eigenvalue weighted by molar-refractivity contribution is 6.44. The molecule has 2 aromatic rings. The number of rotatable bonds is 4. The maximum atomic E-state index is 13.4. The largest absolute Gasteiger partial charge is 0.343 e. The zero-order valence-corrected chi connectivity index (χ0v) is 12.7. The first kappa shape index (κ1) is 16.3. The van der Waals surface area contributed by atoms with Gasteiger partial charge in [0.05, 0.1) is 27.8 Å². The van der Waals surface area contributed by atoms with E-state index in [4.69, 9.17) is 23.2 Å². The zero-order valence-electron chi connectivity index (χ0n) is 11.2. The molecule has 0 aromatic heterocycles. The van der Waals surface area contributed by atoms with Gasteiger partial charge in [-0.3, -0.25) is 9.59 Å². The van der Waals surface area contributed by atoms with Crippen molar-refractivity contribution in [3.8, 4) is 0 Å². The summed E-state index contributed by atoms with van der Waals surface area (Å²) in [7, 11) is 0. The number of carbonyl (C=O) groups is 2. The second kappa shape index (κ2) is 7.24. The van der Waals surface area contributed by atoms with Crippen molar-refractivity contribution < 1.29 is 14.0 Å². The number of hydrogen-bond donors (Lipinski definition) is 2. The lowest BCUT2D eigenvalue weighted by Crippen LogP contribution is -2.33. The van der Waals surface area contributed by atoms with Crippen LogP contribution in [0.1, 0.15) is 10.4 Å². The molecule has 0 fully saturated rings. The molecule has 0 unspecified atom stereocenters. The Kier molecular flexibility index (Phi) is 5.35. The van der Waals surface area contributed by atoms with E-state index in [0.29, 0.717) is 10.7 Å². The fourth-order valence-corrected chi connectivity index (χ4v) is 2.04. The number of anilines is 1. The molecular weight excluding hydrogens is 330 g/mol. The highest BCUT2D eigenvalue weighted by Crippen LogP contribution is 2.29. The molecule has 7 heteroatoms. The first-order valence-corrected chi connectivity index (χ1v) is 7.01. The van der Waals surface area contributed by atoms with Gasteiger partial charge in [-0.1, -0.05) is 41.4 Å². The van der Waals surface area contributed by atoms with Crippen LogP contribution in [0.2, 0.25) is 10.0 Å². The second-order valence-electron chi connectivity index (χ2n) is 4.31. The average molecular weight is 341 g/mol. The maximum absolute atomic E-state index is 13.4. The van der Waals surface area contributed by atoms with E-state index in [0.717, 1.165) is 0 Å². The fourth-order valence-electron chi connectivity index (χ4n) is 1.70. The third kappa shape index (κ3) is 3.96. The number of halogens is 3. The molecule has 4 nitrogen and oxygen atoms in total. The van der Waals surface area contributed by atoms with Gasteiger partial charge < -0.3 is 10.6 Å². The van der Waals surface area contributed by atoms with Crippen molar-refractivity contribution in [3.05, 3.63) is 63.9 Å². The normalized spacial score (nSPS) is 10.1. The van der Waals surface area contributed by atoms with Crippen LogP contribution in [0.15, 0.2) is 42.5 Å². The molecule has 0 bridgehead atoms. The Balaban J connectivity index is 1.95. The van der Waals surface area contributed by atoms with E-state index in [9.17, 15) is 14.0 Å². The molecule has 2 rings (SSSR count). The Morgan fingerprint density at radius 3 is 2.50 bits per heavy atom. The maximum Gasteiger partial charge on any atom is 0.254 e. The average Bonchev–Trinajstić information content (AvgIpc) is 2.50. The lowest BCUT2D eigenvalue weighted by Gasteiger charge is -2.09. The molecule has 0 radical (unpaired) electrons. The number of carbonyl (C=O) groups excluding carboxylic acids is 2. The molecular formula is C15H11Cl2FN2O2. The van der Waals surface area contributed by atoms with Crippen LogP contribution in [0.4, 0.5) is 10.1 Å². The van der Waals surface area contributed by atoms with Crippen molar-refractivity contribution in [2.24, 2.45) is 0 Å². The monoisotopic (exact) mass is 340 g/mol. The van der Waals surface area contributed by atoms with Crippen molar-refractivity contribution in [2.45, 2.75) is 0 Å². The highest BCUT2D eigenvalue weighted by Gasteiger charge is 2.13. The van der Waals surface area contributed by atoms with E-state index in [1.807, 2.05) is 0 Å². The third-order valence-electron chi connectivity index (χ3n) is 2.75. The highest BCUT2D eigenvalue weighted by atomic mass is 35.5. The minimum absolute atomic E-state index is 0.129. The minimum Gasteiger partial charge on any atom is -0.343 e. The summed E-state index contributed by atoms with van der Waals surface area (Å²) >= 11 is 11.8. The topological polar surface area (TPSA) is 58.2 Å². The molecule has 2 N–H and O–H groups in total. The van der Waals surface area contributed by atoms with Crippen molar-refractivity contribution in [1.29, 1.82) is 0 Å². The minimum atomic E-state index is -0.676. The lowest BCUT2D eigenvalue weighted by molar-refractivity contribution is -0.115. The molecule has 114 valence electrons. The Bertz CT molecular complexity index is 722. The molecule has 0 aliphatic rings. The van der Waals surface area contributed by atoms with Gasteiger partial charge in [0, 0.05) is 0 Å². The van der Waals surface area contributed by atoms with Gasteiger partial charge in [0.25, 0.3) is 5.91 Å². The van der Waals surface area contributed by atoms with Gasteiger partial charge in [0.1, 0.15) is 5.82 Å². The Labute approximate surface area is 136 Å². The fraction of sp³-hybridized carbons (Fsp3) is 0.0667. The van der Waals surface area contributed by atoms with E-state index >= 15 is 0 Å². The van der Waals surface area contributed by atoms with Crippen LogP contribution in [0.3, 0.4) is 0 Å². The molecule has 0 saturated heterocycles. The number of amides is 2. The van der Waals surface area contributed by atoms with Crippen LogP contribution in [0.25, 0.3) is 0 Å². The predicted octanol–water partition coefficient (Wildman–Crippen LogP) is 3.50. The predicted molar refractivity (Wildman–Crippen MR) is 83.8 cm³/mol. The summed E-state index contributed by atoms with van der Waals surface area (Å²) in [4.78, 5) is 23.5. The molecule has 22 heavy (non-hydrogen) atoms. The summed E-state index contributed by atoms with van der Waals surface area (Å²) in [5.41, 5.74) is 0.204. The van der Waals surface area contributed by atoms with E-state index in [-0.39, 0.29) is 17.1 Å². The molecule has 0 atom stereocenters. The molecule has 2 aromatic carbocycles. The molecule has 0 aliphatic heterocycles. The van der Waals surface area contributed by atoms with Gasteiger partial charge in [-0.15, -0.1) is 0 Å². The standard InChI is InChI=1S/C15H11Cl2FN2O2/c16-10-5-3-7-12(14(10)17)20-13(21)8-19-15(22)9-4-1-2-6-11(9)18/h1-7H,8H2,(H,19,22)(H,20,21). The molecule has 2 amide bonds. The smallest absolute Gasteiger partial charge is 0.254 e. The van der Waals surface area contributed by atoms with Gasteiger partial charge in [0.15, 0.2) is 0 Å². The van der Waals surface area contributed by atoms with Gasteiger partial charge in [-0.25, -0.2) is 4.39 Å². The second-order valence-corrected chi connectivity index (χ2v) is 5.10. The molecule has 0 aliphatic carbocycles. The summed E-state index contributed by atoms with van der Waals surface area (Å²) in [5, 5.41) is 5.34. The van der Waals surface area contributed by atoms with E-state index < -0.39 is 17.6 Å². The number of hydrogen-bond acceptors (Lipinski definition) is 2. The van der Waals surface area contributed by atoms with Crippen LogP contribution in [0.5, 0.6) is 0 Å². The summed E-state index contributed by atoms with van der Waals surface area (Å²) in [6, 6.07) is 10.3. The quantitative estimate of drug-likeness (QED) is 0.894. The summed E-state index contributed by atoms with van der Waals surface area (Å²) in [5.74, 6) is -1.84. The molecule has 0 heterocycles. The lowest BCUT2D eigenvalue weighted by atomic mass is 10.2. The van der Waals surface area contributed by atoms with Crippen molar-refractivity contribution >= 4 is 40.7 Å². The van der Waals surface area contributed by atoms with Crippen LogP contribution >= 0.6 is 23.2 Å². The Morgan fingerprint density at radius 1 is 1.05 bits per heavy atom. The molecule has 0 saturated carbocycles. The summed E-state index contributed by atoms with van der Waals surface area (Å²) in [6.45, 7) is -0.323. The number of benzene rings is 2. The van der Waals surface area contributed by atoms with E-state index in [1.54, 1.807) is 18.2 Å². The van der Waals surface area contributed by atoms with E-state index in [1.165, 1.54) is 24.3 Å². The summed E-state index contributed by atoms with van der Waals surface area (Å²) < 4.78 is 13.4. The van der Waals surface area contributed by atoms with Crippen molar-refractivity contribution in [2.75, 3.05) is 11.9 Å². The first-order chi connectivity index (χ1) is 10.5.